The van der Waals surface area contributed by atoms with Crippen molar-refractivity contribution in [2.24, 2.45) is 5.73 Å². The lowest BCUT2D eigenvalue weighted by Crippen LogP contribution is -2.45. The average molecular weight is 238 g/mol. The molecule has 0 aromatic heterocycles. The normalized spacial score (nSPS) is 13.3. The number of carbonyl (C=O) groups is 1. The summed E-state index contributed by atoms with van der Waals surface area (Å²) in [6, 6.07) is -0.431. The first kappa shape index (κ1) is 13.3. The third kappa shape index (κ3) is 5.87. The van der Waals surface area contributed by atoms with Gasteiger partial charge in [0, 0.05) is 6.26 Å². The van der Waals surface area contributed by atoms with E-state index in [0.29, 0.717) is 6.42 Å². The number of nitrogens with two attached hydrogens (primary N) is 1. The number of carbonyl (C=O) groups excluding carboxylic acids is 1. The molecule has 0 radical (unpaired) electrons. The molecule has 0 saturated carbocycles. The number of sulfone groups is 1. The first-order chi connectivity index (χ1) is 6.26. The topological polar surface area (TPSA) is 89.3 Å². The molecule has 0 aliphatic carbocycles. The van der Waals surface area contributed by atoms with Crippen LogP contribution in [0, 0.1) is 0 Å². The zero-order valence-corrected chi connectivity index (χ0v) is 9.74. The van der Waals surface area contributed by atoms with E-state index < -0.39 is 27.5 Å². The maximum atomic E-state index is 11.1. The lowest BCUT2D eigenvalue weighted by molar-refractivity contribution is -0.118. The molecule has 0 spiro atoms. The maximum Gasteiger partial charge on any atom is 0.235 e. The highest BCUT2D eigenvalue weighted by atomic mass is 32.2. The number of rotatable bonds is 5. The summed E-state index contributed by atoms with van der Waals surface area (Å²) in [7, 11) is -3.30. The highest BCUT2D eigenvalue weighted by molar-refractivity contribution is 7.91. The van der Waals surface area contributed by atoms with Gasteiger partial charge in [-0.15, -0.1) is 0 Å². The van der Waals surface area contributed by atoms with Crippen LogP contribution in [-0.2, 0) is 14.6 Å². The molecule has 0 heterocycles. The summed E-state index contributed by atoms with van der Waals surface area (Å²) in [4.78, 5) is 11.3. The van der Waals surface area contributed by atoms with E-state index in [1.54, 1.807) is 6.92 Å². The fraction of sp³-hybridized carbons (Fsp3) is 0.714. The molecule has 0 aromatic rings. The van der Waals surface area contributed by atoms with Crippen LogP contribution < -0.4 is 11.1 Å². The largest absolute Gasteiger partial charge is 0.392 e. The van der Waals surface area contributed by atoms with Crippen LogP contribution in [0.25, 0.3) is 0 Å². The van der Waals surface area contributed by atoms with E-state index in [9.17, 15) is 13.2 Å². The van der Waals surface area contributed by atoms with Gasteiger partial charge in [0.05, 0.1) is 11.0 Å². The Kier molecular flexibility index (Phi) is 5.00. The molecule has 0 bridgehead atoms. The second-order valence-electron chi connectivity index (χ2n) is 3.00. The summed E-state index contributed by atoms with van der Waals surface area (Å²) in [6.07, 6.45) is 1.54. The molecule has 14 heavy (non-hydrogen) atoms. The van der Waals surface area contributed by atoms with Crippen molar-refractivity contribution < 1.29 is 13.2 Å². The van der Waals surface area contributed by atoms with Gasteiger partial charge in [-0.2, -0.15) is 0 Å². The zero-order valence-electron chi connectivity index (χ0n) is 8.11. The lowest BCUT2D eigenvalue weighted by Gasteiger charge is -2.14. The molecule has 7 heteroatoms. The molecule has 0 aromatic carbocycles. The van der Waals surface area contributed by atoms with Crippen molar-refractivity contribution >= 4 is 33.0 Å². The standard InChI is InChI=1S/C7H14N2O3S2/c1-3-5(7(8)13)9-6(10)4-14(2,11)12/h5H,3-4H2,1-2H3,(H2,8,13)(H,9,10). The van der Waals surface area contributed by atoms with Gasteiger partial charge in [-0.05, 0) is 6.42 Å². The van der Waals surface area contributed by atoms with E-state index in [-0.39, 0.29) is 4.99 Å². The van der Waals surface area contributed by atoms with Crippen molar-refractivity contribution in [3.05, 3.63) is 0 Å². The van der Waals surface area contributed by atoms with Crippen LogP contribution >= 0.6 is 12.2 Å². The van der Waals surface area contributed by atoms with Gasteiger partial charge < -0.3 is 11.1 Å². The van der Waals surface area contributed by atoms with Gasteiger partial charge in [-0.25, -0.2) is 8.42 Å². The van der Waals surface area contributed by atoms with Crippen LogP contribution in [0.4, 0.5) is 0 Å². The summed E-state index contributed by atoms with van der Waals surface area (Å²) in [5.41, 5.74) is 5.33. The van der Waals surface area contributed by atoms with Crippen molar-refractivity contribution in [3.8, 4) is 0 Å². The van der Waals surface area contributed by atoms with Crippen molar-refractivity contribution in [2.45, 2.75) is 19.4 Å². The molecule has 0 aliphatic rings. The Labute approximate surface area is 89.0 Å². The van der Waals surface area contributed by atoms with E-state index in [2.05, 4.69) is 17.5 Å². The summed E-state index contributed by atoms with van der Waals surface area (Å²) < 4.78 is 21.5. The van der Waals surface area contributed by atoms with E-state index in [0.717, 1.165) is 6.26 Å². The molecule has 3 N–H and O–H groups in total. The minimum atomic E-state index is -3.30. The molecule has 1 amide bonds. The molecule has 82 valence electrons. The molecular formula is C7H14N2O3S2. The SMILES string of the molecule is CCC(NC(=O)CS(C)(=O)=O)C(N)=S. The lowest BCUT2D eigenvalue weighted by atomic mass is 10.2. The van der Waals surface area contributed by atoms with E-state index in [4.69, 9.17) is 5.73 Å². The van der Waals surface area contributed by atoms with Gasteiger partial charge in [0.15, 0.2) is 9.84 Å². The van der Waals surface area contributed by atoms with Gasteiger partial charge in [-0.3, -0.25) is 4.79 Å². The van der Waals surface area contributed by atoms with Crippen LogP contribution in [0.15, 0.2) is 0 Å². The Morgan fingerprint density at radius 1 is 1.57 bits per heavy atom. The molecule has 1 unspecified atom stereocenters. The second-order valence-corrected chi connectivity index (χ2v) is 5.61. The van der Waals surface area contributed by atoms with Gasteiger partial charge >= 0.3 is 0 Å². The fourth-order valence-electron chi connectivity index (χ4n) is 0.849. The summed E-state index contributed by atoms with van der Waals surface area (Å²) in [5.74, 6) is -1.11. The molecule has 0 aliphatic heterocycles. The molecule has 0 fully saturated rings. The van der Waals surface area contributed by atoms with E-state index in [1.165, 1.54) is 0 Å². The van der Waals surface area contributed by atoms with Crippen LogP contribution in [-0.4, -0.2) is 37.4 Å². The van der Waals surface area contributed by atoms with E-state index >= 15 is 0 Å². The van der Waals surface area contributed by atoms with Gasteiger partial charge in [0.25, 0.3) is 0 Å². The fourth-order valence-corrected chi connectivity index (χ4v) is 1.63. The molecule has 1 atom stereocenters. The number of thiocarbonyl (C=S) groups is 1. The quantitative estimate of drug-likeness (QED) is 0.613. The average Bonchev–Trinajstić information content (AvgIpc) is 1.96. The summed E-state index contributed by atoms with van der Waals surface area (Å²) in [6.45, 7) is 1.80. The Morgan fingerprint density at radius 2 is 2.07 bits per heavy atom. The first-order valence-corrected chi connectivity index (χ1v) is 6.49. The third-order valence-corrected chi connectivity index (χ3v) is 2.55. The number of nitrogens with one attached hydrogen (secondary N) is 1. The van der Waals surface area contributed by atoms with E-state index in [1.807, 2.05) is 0 Å². The number of hydrogen-bond acceptors (Lipinski definition) is 4. The highest BCUT2D eigenvalue weighted by Gasteiger charge is 2.16. The predicted octanol–water partition coefficient (Wildman–Crippen LogP) is -0.788. The van der Waals surface area contributed by atoms with Crippen molar-refractivity contribution in [2.75, 3.05) is 12.0 Å². The van der Waals surface area contributed by atoms with Crippen LogP contribution in [0.1, 0.15) is 13.3 Å². The van der Waals surface area contributed by atoms with Crippen LogP contribution in [0.2, 0.25) is 0 Å². The minimum Gasteiger partial charge on any atom is -0.392 e. The monoisotopic (exact) mass is 238 g/mol. The second kappa shape index (κ2) is 5.26. The van der Waals surface area contributed by atoms with Crippen LogP contribution in [0.3, 0.4) is 0 Å². The van der Waals surface area contributed by atoms with Gasteiger partial charge in [0.1, 0.15) is 5.75 Å². The predicted molar refractivity (Wildman–Crippen MR) is 58.7 cm³/mol. The van der Waals surface area contributed by atoms with Crippen molar-refractivity contribution in [3.63, 3.8) is 0 Å². The molecule has 5 nitrogen and oxygen atoms in total. The Morgan fingerprint density at radius 3 is 2.36 bits per heavy atom. The first-order valence-electron chi connectivity index (χ1n) is 4.02. The number of amides is 1. The van der Waals surface area contributed by atoms with Gasteiger partial charge in [0.2, 0.25) is 5.91 Å². The Hall–Kier alpha value is -0.690. The Balaban J connectivity index is 4.25. The molecule has 0 saturated heterocycles. The number of hydrogen-bond donors (Lipinski definition) is 2. The summed E-state index contributed by atoms with van der Waals surface area (Å²) >= 11 is 4.69. The Bertz CT molecular complexity index is 324. The van der Waals surface area contributed by atoms with Crippen LogP contribution in [0.5, 0.6) is 0 Å². The molecular weight excluding hydrogens is 224 g/mol. The molecule has 0 rings (SSSR count). The van der Waals surface area contributed by atoms with Gasteiger partial charge in [-0.1, -0.05) is 19.1 Å². The minimum absolute atomic E-state index is 0.161. The maximum absolute atomic E-state index is 11.1. The summed E-state index contributed by atoms with van der Waals surface area (Å²) in [5, 5.41) is 2.44. The highest BCUT2D eigenvalue weighted by Crippen LogP contribution is 1.92. The smallest absolute Gasteiger partial charge is 0.235 e. The van der Waals surface area contributed by atoms with Crippen molar-refractivity contribution in [1.29, 1.82) is 0 Å². The van der Waals surface area contributed by atoms with Crippen molar-refractivity contribution in [1.82, 2.24) is 5.32 Å². The zero-order chi connectivity index (χ0) is 11.4. The third-order valence-electron chi connectivity index (χ3n) is 1.48.